The number of hydrogen-bond acceptors (Lipinski definition) is 6. The van der Waals surface area contributed by atoms with Crippen LogP contribution in [0.2, 0.25) is 0 Å². The number of carbonyl (C=O) groups excluding carboxylic acids is 1. The second-order valence-electron chi connectivity index (χ2n) is 7.33. The summed E-state index contributed by atoms with van der Waals surface area (Å²) in [6.45, 7) is 1.89. The van der Waals surface area contributed by atoms with Crippen LogP contribution in [0.5, 0.6) is 5.75 Å². The first-order valence-electron chi connectivity index (χ1n) is 10.0. The predicted octanol–water partition coefficient (Wildman–Crippen LogP) is 4.11. The number of aryl methyl sites for hydroxylation is 1. The van der Waals surface area contributed by atoms with Gasteiger partial charge >= 0.3 is 10.1 Å². The van der Waals surface area contributed by atoms with Crippen molar-refractivity contribution in [3.63, 3.8) is 0 Å². The van der Waals surface area contributed by atoms with Gasteiger partial charge in [0.2, 0.25) is 0 Å². The number of benzene rings is 3. The molecule has 0 aliphatic heterocycles. The minimum Gasteiger partial charge on any atom is -0.378 e. The van der Waals surface area contributed by atoms with Crippen LogP contribution in [-0.4, -0.2) is 19.3 Å². The number of hydrogen-bond donors (Lipinski definition) is 1. The van der Waals surface area contributed by atoms with Gasteiger partial charge in [-0.3, -0.25) is 4.79 Å². The standard InChI is InChI=1S/C25H19N3O4S/c1-17-10-12-20(13-11-17)33(30,31)32-24-9-5-3-7-21(24)25(29)27-16-19-14-18-6-2-4-8-22(18)28-23(19)15-26/h2-14H,16H2,1H3,(H,27,29). The van der Waals surface area contributed by atoms with Gasteiger partial charge in [0.25, 0.3) is 5.91 Å². The van der Waals surface area contributed by atoms with Crippen LogP contribution in [0.25, 0.3) is 10.9 Å². The topological polar surface area (TPSA) is 109 Å². The third kappa shape index (κ3) is 4.84. The van der Waals surface area contributed by atoms with E-state index in [-0.39, 0.29) is 28.4 Å². The molecule has 1 heterocycles. The van der Waals surface area contributed by atoms with Crippen LogP contribution >= 0.6 is 0 Å². The molecule has 0 radical (unpaired) electrons. The average molecular weight is 458 g/mol. The fourth-order valence-corrected chi connectivity index (χ4v) is 4.21. The molecule has 3 aromatic carbocycles. The van der Waals surface area contributed by atoms with Crippen LogP contribution in [0.15, 0.2) is 83.8 Å². The lowest BCUT2D eigenvalue weighted by atomic mass is 10.1. The highest BCUT2D eigenvalue weighted by atomic mass is 32.2. The van der Waals surface area contributed by atoms with Crippen LogP contribution in [-0.2, 0) is 16.7 Å². The summed E-state index contributed by atoms with van der Waals surface area (Å²) in [4.78, 5) is 17.2. The first-order chi connectivity index (χ1) is 15.9. The largest absolute Gasteiger partial charge is 0.378 e. The number of amides is 1. The molecule has 7 nitrogen and oxygen atoms in total. The molecule has 4 aromatic rings. The van der Waals surface area contributed by atoms with Crippen LogP contribution in [0.4, 0.5) is 0 Å². The van der Waals surface area contributed by atoms with Crippen molar-refractivity contribution in [2.24, 2.45) is 0 Å². The zero-order valence-electron chi connectivity index (χ0n) is 17.6. The summed E-state index contributed by atoms with van der Waals surface area (Å²) in [6, 6.07) is 23.5. The third-order valence-electron chi connectivity index (χ3n) is 4.99. The number of pyridine rings is 1. The Balaban J connectivity index is 1.56. The Labute approximate surface area is 191 Å². The van der Waals surface area contributed by atoms with Crippen LogP contribution < -0.4 is 9.50 Å². The van der Waals surface area contributed by atoms with Gasteiger partial charge in [-0.25, -0.2) is 4.98 Å². The van der Waals surface area contributed by atoms with Gasteiger partial charge in [0.05, 0.1) is 11.1 Å². The van der Waals surface area contributed by atoms with Gasteiger partial charge in [0, 0.05) is 17.5 Å². The molecule has 0 saturated carbocycles. The molecular formula is C25H19N3O4S. The Hall–Kier alpha value is -4.22. The predicted molar refractivity (Wildman–Crippen MR) is 123 cm³/mol. The second kappa shape index (κ2) is 9.10. The Kier molecular flexibility index (Phi) is 6.07. The van der Waals surface area contributed by atoms with Gasteiger partial charge in [-0.2, -0.15) is 13.7 Å². The summed E-state index contributed by atoms with van der Waals surface area (Å²) in [7, 11) is -4.12. The molecule has 8 heteroatoms. The number of nitriles is 1. The number of fused-ring (bicyclic) bond motifs is 1. The molecule has 33 heavy (non-hydrogen) atoms. The van der Waals surface area contributed by atoms with Crippen molar-refractivity contribution in [2.75, 3.05) is 0 Å². The average Bonchev–Trinajstić information content (AvgIpc) is 2.82. The van der Waals surface area contributed by atoms with E-state index >= 15 is 0 Å². The smallest absolute Gasteiger partial charge is 0.339 e. The molecule has 4 rings (SSSR count). The SMILES string of the molecule is Cc1ccc(S(=O)(=O)Oc2ccccc2C(=O)NCc2cc3ccccc3nc2C#N)cc1. The maximum Gasteiger partial charge on any atom is 0.339 e. The molecule has 0 spiro atoms. The summed E-state index contributed by atoms with van der Waals surface area (Å²) in [5.41, 5.74) is 2.41. The molecule has 0 saturated heterocycles. The fourth-order valence-electron chi connectivity index (χ4n) is 3.26. The zero-order valence-corrected chi connectivity index (χ0v) is 18.5. The summed E-state index contributed by atoms with van der Waals surface area (Å²) < 4.78 is 30.6. The Morgan fingerprint density at radius 1 is 1.03 bits per heavy atom. The quantitative estimate of drug-likeness (QED) is 0.437. The minimum absolute atomic E-state index is 0.00999. The van der Waals surface area contributed by atoms with Crippen molar-refractivity contribution < 1.29 is 17.4 Å². The lowest BCUT2D eigenvalue weighted by Crippen LogP contribution is -2.24. The summed E-state index contributed by atoms with van der Waals surface area (Å²) in [5.74, 6) is -0.630. The van der Waals surface area contributed by atoms with E-state index in [1.807, 2.05) is 31.2 Å². The molecule has 1 aromatic heterocycles. The van der Waals surface area contributed by atoms with Crippen molar-refractivity contribution in [2.45, 2.75) is 18.4 Å². The van der Waals surface area contributed by atoms with Crippen molar-refractivity contribution in [1.82, 2.24) is 10.3 Å². The number of aromatic nitrogens is 1. The van der Waals surface area contributed by atoms with Gasteiger partial charge in [-0.15, -0.1) is 0 Å². The highest BCUT2D eigenvalue weighted by molar-refractivity contribution is 7.87. The van der Waals surface area contributed by atoms with Gasteiger partial charge in [-0.1, -0.05) is 48.0 Å². The van der Waals surface area contributed by atoms with E-state index in [9.17, 15) is 18.5 Å². The van der Waals surface area contributed by atoms with Crippen LogP contribution in [0, 0.1) is 18.3 Å². The van der Waals surface area contributed by atoms with E-state index in [1.165, 1.54) is 24.3 Å². The van der Waals surface area contributed by atoms with Gasteiger partial charge in [-0.05, 0) is 43.3 Å². The fraction of sp³-hybridized carbons (Fsp3) is 0.0800. The van der Waals surface area contributed by atoms with Crippen molar-refractivity contribution in [1.29, 1.82) is 5.26 Å². The molecule has 1 amide bonds. The molecule has 1 N–H and O–H groups in total. The summed E-state index contributed by atoms with van der Waals surface area (Å²) >= 11 is 0. The minimum atomic E-state index is -4.12. The molecule has 0 fully saturated rings. The van der Waals surface area contributed by atoms with E-state index in [2.05, 4.69) is 10.3 Å². The maximum atomic E-state index is 12.9. The zero-order chi connectivity index (χ0) is 23.4. The van der Waals surface area contributed by atoms with E-state index < -0.39 is 16.0 Å². The monoisotopic (exact) mass is 457 g/mol. The maximum absolute atomic E-state index is 12.9. The number of nitrogens with one attached hydrogen (secondary N) is 1. The van der Waals surface area contributed by atoms with E-state index in [0.29, 0.717) is 11.1 Å². The number of rotatable bonds is 6. The molecule has 0 unspecified atom stereocenters. The Morgan fingerprint density at radius 3 is 2.48 bits per heavy atom. The van der Waals surface area contributed by atoms with Crippen molar-refractivity contribution in [3.05, 3.63) is 101 Å². The molecular weight excluding hydrogens is 438 g/mol. The highest BCUT2D eigenvalue weighted by Gasteiger charge is 2.21. The molecule has 0 bridgehead atoms. The first-order valence-corrected chi connectivity index (χ1v) is 11.5. The van der Waals surface area contributed by atoms with Gasteiger partial charge in [0.1, 0.15) is 16.7 Å². The van der Waals surface area contributed by atoms with Crippen molar-refractivity contribution >= 4 is 26.9 Å². The second-order valence-corrected chi connectivity index (χ2v) is 8.88. The first kappa shape index (κ1) is 22.0. The van der Waals surface area contributed by atoms with Crippen LogP contribution in [0.1, 0.15) is 27.2 Å². The van der Waals surface area contributed by atoms with E-state index in [1.54, 1.807) is 36.4 Å². The van der Waals surface area contributed by atoms with E-state index in [4.69, 9.17) is 4.18 Å². The molecule has 0 atom stereocenters. The van der Waals surface area contributed by atoms with Crippen molar-refractivity contribution in [3.8, 4) is 11.8 Å². The highest BCUT2D eigenvalue weighted by Crippen LogP contribution is 2.24. The summed E-state index contributed by atoms with van der Waals surface area (Å²) in [6.07, 6.45) is 0. The Morgan fingerprint density at radius 2 is 1.73 bits per heavy atom. The lowest BCUT2D eigenvalue weighted by Gasteiger charge is -2.12. The lowest BCUT2D eigenvalue weighted by molar-refractivity contribution is 0.0949. The van der Waals surface area contributed by atoms with Gasteiger partial charge < -0.3 is 9.50 Å². The Bertz CT molecular complexity index is 1490. The van der Waals surface area contributed by atoms with Gasteiger partial charge in [0.15, 0.2) is 5.75 Å². The molecule has 0 aliphatic rings. The normalized spacial score (nSPS) is 11.0. The molecule has 0 aliphatic carbocycles. The number of nitrogens with zero attached hydrogens (tertiary/aromatic N) is 2. The summed E-state index contributed by atoms with van der Waals surface area (Å²) in [5, 5.41) is 13.0. The molecule has 164 valence electrons. The van der Waals surface area contributed by atoms with Crippen LogP contribution in [0.3, 0.4) is 0 Å². The third-order valence-corrected chi connectivity index (χ3v) is 6.24. The number of carbonyl (C=O) groups is 1. The number of para-hydroxylation sites is 2. The van der Waals surface area contributed by atoms with E-state index in [0.717, 1.165) is 10.9 Å².